The van der Waals surface area contributed by atoms with Gasteiger partial charge >= 0.3 is 0 Å². The summed E-state index contributed by atoms with van der Waals surface area (Å²) in [5.74, 6) is 6.40. The van der Waals surface area contributed by atoms with Gasteiger partial charge in [0.15, 0.2) is 0 Å². The smallest absolute Gasteiger partial charge is 0.255 e. The molecule has 1 saturated heterocycles. The van der Waals surface area contributed by atoms with Crippen molar-refractivity contribution in [1.82, 2.24) is 4.90 Å². The molecule has 1 fully saturated rings. The zero-order chi connectivity index (χ0) is 15.2. The summed E-state index contributed by atoms with van der Waals surface area (Å²) in [7, 11) is 0. The van der Waals surface area contributed by atoms with Gasteiger partial charge in [0, 0.05) is 24.2 Å². The summed E-state index contributed by atoms with van der Waals surface area (Å²) in [5, 5.41) is 0. The van der Waals surface area contributed by atoms with Gasteiger partial charge in [0.05, 0.1) is 5.56 Å². The van der Waals surface area contributed by atoms with E-state index in [0.717, 1.165) is 37.1 Å². The fourth-order valence-corrected chi connectivity index (χ4v) is 2.71. The minimum atomic E-state index is 0.109. The van der Waals surface area contributed by atoms with Crippen LogP contribution in [0.3, 0.4) is 0 Å². The molecule has 2 nitrogen and oxygen atoms in total. The highest BCUT2D eigenvalue weighted by molar-refractivity contribution is 5.96. The third kappa shape index (κ3) is 3.38. The normalized spacial score (nSPS) is 14.1. The third-order valence-corrected chi connectivity index (χ3v) is 3.92. The Kier molecular flexibility index (Phi) is 4.56. The van der Waals surface area contributed by atoms with E-state index < -0.39 is 0 Å². The molecule has 0 radical (unpaired) electrons. The molecule has 0 aliphatic carbocycles. The Bertz CT molecular complexity index is 703. The van der Waals surface area contributed by atoms with Crippen LogP contribution in [0.2, 0.25) is 0 Å². The molecule has 22 heavy (non-hydrogen) atoms. The van der Waals surface area contributed by atoms with E-state index in [1.165, 1.54) is 6.42 Å². The molecule has 2 aromatic rings. The van der Waals surface area contributed by atoms with Crippen LogP contribution < -0.4 is 0 Å². The Morgan fingerprint density at radius 3 is 2.27 bits per heavy atom. The zero-order valence-corrected chi connectivity index (χ0v) is 12.6. The van der Waals surface area contributed by atoms with Gasteiger partial charge in [-0.15, -0.1) is 0 Å². The van der Waals surface area contributed by atoms with Gasteiger partial charge < -0.3 is 4.90 Å². The molecule has 1 amide bonds. The van der Waals surface area contributed by atoms with Gasteiger partial charge in [0.25, 0.3) is 5.91 Å². The number of amides is 1. The maximum Gasteiger partial charge on any atom is 0.255 e. The molecule has 0 aromatic heterocycles. The van der Waals surface area contributed by atoms with Gasteiger partial charge in [-0.3, -0.25) is 4.79 Å². The number of hydrogen-bond acceptors (Lipinski definition) is 1. The summed E-state index contributed by atoms with van der Waals surface area (Å²) in [5.41, 5.74) is 2.48. The van der Waals surface area contributed by atoms with Crippen LogP contribution in [0.25, 0.3) is 0 Å². The summed E-state index contributed by atoms with van der Waals surface area (Å²) >= 11 is 0. The van der Waals surface area contributed by atoms with Crippen molar-refractivity contribution in [2.45, 2.75) is 19.3 Å². The maximum atomic E-state index is 12.7. The van der Waals surface area contributed by atoms with Crippen molar-refractivity contribution in [2.75, 3.05) is 13.1 Å². The topological polar surface area (TPSA) is 20.3 Å². The molecule has 1 aliphatic heterocycles. The average molecular weight is 289 g/mol. The van der Waals surface area contributed by atoms with Crippen molar-refractivity contribution < 1.29 is 4.79 Å². The molecule has 0 bridgehead atoms. The second-order valence-electron chi connectivity index (χ2n) is 5.51. The monoisotopic (exact) mass is 289 g/mol. The number of nitrogens with zero attached hydrogens (tertiary/aromatic N) is 1. The molecule has 1 heterocycles. The summed E-state index contributed by atoms with van der Waals surface area (Å²) in [6.45, 7) is 1.72. The summed E-state index contributed by atoms with van der Waals surface area (Å²) in [6, 6.07) is 17.5. The quantitative estimate of drug-likeness (QED) is 0.733. The number of benzene rings is 2. The Balaban J connectivity index is 1.87. The van der Waals surface area contributed by atoms with E-state index in [9.17, 15) is 4.79 Å². The molecule has 0 spiro atoms. The van der Waals surface area contributed by atoms with Gasteiger partial charge in [-0.1, -0.05) is 42.2 Å². The predicted octanol–water partition coefficient (Wildman–Crippen LogP) is 3.71. The Morgan fingerprint density at radius 1 is 0.818 bits per heavy atom. The molecular formula is C20H19NO. The first kappa shape index (κ1) is 14.4. The second kappa shape index (κ2) is 6.95. The lowest BCUT2D eigenvalue weighted by Crippen LogP contribution is -2.35. The van der Waals surface area contributed by atoms with Crippen molar-refractivity contribution in [1.29, 1.82) is 0 Å². The number of carbonyl (C=O) groups excluding carboxylic acids is 1. The van der Waals surface area contributed by atoms with Gasteiger partial charge in [-0.25, -0.2) is 0 Å². The summed E-state index contributed by atoms with van der Waals surface area (Å²) in [4.78, 5) is 14.6. The van der Waals surface area contributed by atoms with E-state index in [2.05, 4.69) is 11.8 Å². The highest BCUT2D eigenvalue weighted by atomic mass is 16.2. The van der Waals surface area contributed by atoms with Crippen molar-refractivity contribution in [3.8, 4) is 11.8 Å². The zero-order valence-electron chi connectivity index (χ0n) is 12.6. The minimum Gasteiger partial charge on any atom is -0.339 e. The molecule has 2 aromatic carbocycles. The highest BCUT2D eigenvalue weighted by Gasteiger charge is 2.19. The molecule has 110 valence electrons. The predicted molar refractivity (Wildman–Crippen MR) is 88.6 cm³/mol. The molecule has 0 atom stereocenters. The third-order valence-electron chi connectivity index (χ3n) is 3.92. The van der Waals surface area contributed by atoms with E-state index in [1.807, 2.05) is 59.5 Å². The van der Waals surface area contributed by atoms with Crippen LogP contribution in [0, 0.1) is 11.8 Å². The molecule has 0 saturated carbocycles. The van der Waals surface area contributed by atoms with Gasteiger partial charge in [-0.05, 0) is 43.5 Å². The van der Waals surface area contributed by atoms with Crippen LogP contribution in [-0.4, -0.2) is 23.9 Å². The lowest BCUT2D eigenvalue weighted by Gasteiger charge is -2.27. The molecule has 0 N–H and O–H groups in total. The Hall–Kier alpha value is -2.53. The summed E-state index contributed by atoms with van der Waals surface area (Å²) < 4.78 is 0. The maximum absolute atomic E-state index is 12.7. The molecule has 0 unspecified atom stereocenters. The van der Waals surface area contributed by atoms with Gasteiger partial charge in [0.1, 0.15) is 0 Å². The highest BCUT2D eigenvalue weighted by Crippen LogP contribution is 2.16. The van der Waals surface area contributed by atoms with E-state index in [-0.39, 0.29) is 5.91 Å². The van der Waals surface area contributed by atoms with E-state index in [0.29, 0.717) is 5.56 Å². The van der Waals surface area contributed by atoms with Crippen molar-refractivity contribution in [2.24, 2.45) is 0 Å². The lowest BCUT2D eigenvalue weighted by atomic mass is 10.0. The largest absolute Gasteiger partial charge is 0.339 e. The molecule has 3 rings (SSSR count). The minimum absolute atomic E-state index is 0.109. The van der Waals surface area contributed by atoms with Crippen molar-refractivity contribution in [3.05, 3.63) is 71.3 Å². The van der Waals surface area contributed by atoms with Crippen LogP contribution >= 0.6 is 0 Å². The van der Waals surface area contributed by atoms with Gasteiger partial charge in [0.2, 0.25) is 0 Å². The van der Waals surface area contributed by atoms with Crippen LogP contribution in [0.1, 0.15) is 40.7 Å². The van der Waals surface area contributed by atoms with Crippen LogP contribution in [0.4, 0.5) is 0 Å². The molecular weight excluding hydrogens is 270 g/mol. The standard InChI is InChI=1S/C20H19NO/c22-20(21-15-7-2-8-16-21)19-12-6-5-11-18(19)14-13-17-9-3-1-4-10-17/h1,3-6,9-12H,2,7-8,15-16H2. The SMILES string of the molecule is O=C(c1ccccc1C#Cc1ccccc1)N1CCCCC1. The first-order valence-electron chi connectivity index (χ1n) is 7.80. The van der Waals surface area contributed by atoms with Crippen LogP contribution in [-0.2, 0) is 0 Å². The first-order valence-corrected chi connectivity index (χ1v) is 7.80. The van der Waals surface area contributed by atoms with E-state index in [4.69, 9.17) is 0 Å². The van der Waals surface area contributed by atoms with E-state index >= 15 is 0 Å². The number of piperidine rings is 1. The second-order valence-corrected chi connectivity index (χ2v) is 5.51. The fourth-order valence-electron chi connectivity index (χ4n) is 2.71. The van der Waals surface area contributed by atoms with Gasteiger partial charge in [-0.2, -0.15) is 0 Å². The van der Waals surface area contributed by atoms with E-state index in [1.54, 1.807) is 0 Å². The number of likely N-dealkylation sites (tertiary alicyclic amines) is 1. The lowest BCUT2D eigenvalue weighted by molar-refractivity contribution is 0.0724. The van der Waals surface area contributed by atoms with Crippen molar-refractivity contribution in [3.63, 3.8) is 0 Å². The van der Waals surface area contributed by atoms with Crippen molar-refractivity contribution >= 4 is 5.91 Å². The molecule has 1 aliphatic rings. The number of carbonyl (C=O) groups is 1. The Morgan fingerprint density at radius 2 is 1.50 bits per heavy atom. The number of rotatable bonds is 1. The Labute approximate surface area is 131 Å². The van der Waals surface area contributed by atoms with Crippen LogP contribution in [0.5, 0.6) is 0 Å². The average Bonchev–Trinajstić information content (AvgIpc) is 2.61. The fraction of sp³-hybridized carbons (Fsp3) is 0.250. The molecule has 2 heteroatoms. The van der Waals surface area contributed by atoms with Crippen LogP contribution in [0.15, 0.2) is 54.6 Å². The number of hydrogen-bond donors (Lipinski definition) is 0. The summed E-state index contributed by atoms with van der Waals surface area (Å²) in [6.07, 6.45) is 3.42. The first-order chi connectivity index (χ1) is 10.8.